The van der Waals surface area contributed by atoms with Gasteiger partial charge in [0.1, 0.15) is 6.10 Å². The molecule has 1 fully saturated rings. The minimum Gasteiger partial charge on any atom is -0.486 e. The van der Waals surface area contributed by atoms with E-state index in [1.807, 2.05) is 6.92 Å². The van der Waals surface area contributed by atoms with Gasteiger partial charge in [-0.25, -0.2) is 4.39 Å². The Bertz CT molecular complexity index is 831. The Kier molecular flexibility index (Phi) is 11.0. The first-order chi connectivity index (χ1) is 14.6. The molecule has 1 aliphatic heterocycles. The molecule has 0 spiro atoms. The molecule has 2 aromatic carbocycles. The Morgan fingerprint density at radius 3 is 2.61 bits per heavy atom. The van der Waals surface area contributed by atoms with Gasteiger partial charge in [-0.1, -0.05) is 36.4 Å². The Morgan fingerprint density at radius 1 is 1.13 bits per heavy atom. The van der Waals surface area contributed by atoms with Gasteiger partial charge >= 0.3 is 0 Å². The zero-order valence-electron chi connectivity index (χ0n) is 18.1. The van der Waals surface area contributed by atoms with Gasteiger partial charge in [-0.05, 0) is 30.2 Å². The first-order valence-corrected chi connectivity index (χ1v) is 10.4. The first-order valence-electron chi connectivity index (χ1n) is 10.4. The van der Waals surface area contributed by atoms with Crippen LogP contribution in [0.2, 0.25) is 0 Å². The van der Waals surface area contributed by atoms with E-state index in [0.717, 1.165) is 32.8 Å². The number of morpholine rings is 1. The summed E-state index contributed by atoms with van der Waals surface area (Å²) in [6.45, 7) is 7.57. The van der Waals surface area contributed by atoms with Crippen molar-refractivity contribution in [3.8, 4) is 5.75 Å². The van der Waals surface area contributed by atoms with Crippen LogP contribution in [-0.4, -0.2) is 56.9 Å². The van der Waals surface area contributed by atoms with Crippen LogP contribution in [0.1, 0.15) is 18.1 Å². The molecule has 0 aliphatic carbocycles. The minimum absolute atomic E-state index is 0. The van der Waals surface area contributed by atoms with Crippen molar-refractivity contribution in [3.63, 3.8) is 0 Å². The third-order valence-electron chi connectivity index (χ3n) is 4.91. The minimum atomic E-state index is -0.358. The maximum atomic E-state index is 13.7. The predicted octanol–water partition coefficient (Wildman–Crippen LogP) is 3.41. The second-order valence-electron chi connectivity index (χ2n) is 7.37. The number of nitrogens with zero attached hydrogens (tertiary/aromatic N) is 2. The third kappa shape index (κ3) is 8.62. The van der Waals surface area contributed by atoms with Crippen LogP contribution < -0.4 is 15.4 Å². The number of hydrogen-bond acceptors (Lipinski definition) is 4. The quantitative estimate of drug-likeness (QED) is 0.304. The summed E-state index contributed by atoms with van der Waals surface area (Å²) in [5, 5.41) is 6.55. The van der Waals surface area contributed by atoms with E-state index < -0.39 is 0 Å². The molecule has 2 N–H and O–H groups in total. The number of rotatable bonds is 8. The zero-order chi connectivity index (χ0) is 21.2. The maximum absolute atomic E-state index is 13.7. The lowest BCUT2D eigenvalue weighted by Gasteiger charge is -2.26. The highest BCUT2D eigenvalue weighted by Gasteiger charge is 2.11. The normalized spacial score (nSPS) is 15.6. The smallest absolute Gasteiger partial charge is 0.191 e. The molecule has 2 aromatic rings. The lowest BCUT2D eigenvalue weighted by molar-refractivity contribution is 0.0342. The highest BCUT2D eigenvalue weighted by molar-refractivity contribution is 14.0. The third-order valence-corrected chi connectivity index (χ3v) is 4.91. The lowest BCUT2D eigenvalue weighted by Crippen LogP contribution is -2.41. The van der Waals surface area contributed by atoms with E-state index in [4.69, 9.17) is 9.47 Å². The summed E-state index contributed by atoms with van der Waals surface area (Å²) >= 11 is 0. The molecule has 170 valence electrons. The van der Waals surface area contributed by atoms with Crippen LogP contribution >= 0.6 is 24.0 Å². The summed E-state index contributed by atoms with van der Waals surface area (Å²) in [5.41, 5.74) is 2.49. The van der Waals surface area contributed by atoms with Gasteiger partial charge in [0.2, 0.25) is 0 Å². The fourth-order valence-electron chi connectivity index (χ4n) is 3.30. The number of benzene rings is 2. The number of ether oxygens (including phenoxy) is 2. The van der Waals surface area contributed by atoms with E-state index in [-0.39, 0.29) is 41.6 Å². The summed E-state index contributed by atoms with van der Waals surface area (Å²) in [6, 6.07) is 15.0. The summed E-state index contributed by atoms with van der Waals surface area (Å²) in [5.74, 6) is 0.577. The second-order valence-corrected chi connectivity index (χ2v) is 7.37. The molecule has 1 heterocycles. The van der Waals surface area contributed by atoms with E-state index in [1.54, 1.807) is 25.2 Å². The van der Waals surface area contributed by atoms with Gasteiger partial charge in [0, 0.05) is 33.2 Å². The van der Waals surface area contributed by atoms with E-state index >= 15 is 0 Å². The molecule has 31 heavy (non-hydrogen) atoms. The van der Waals surface area contributed by atoms with Gasteiger partial charge in [0.25, 0.3) is 0 Å². The Labute approximate surface area is 201 Å². The summed E-state index contributed by atoms with van der Waals surface area (Å²) in [7, 11) is 1.73. The summed E-state index contributed by atoms with van der Waals surface area (Å²) in [4.78, 5) is 6.67. The molecular weight excluding hydrogens is 510 g/mol. The van der Waals surface area contributed by atoms with Gasteiger partial charge in [-0.3, -0.25) is 9.89 Å². The first kappa shape index (κ1) is 25.4. The van der Waals surface area contributed by atoms with Crippen LogP contribution in [0, 0.1) is 5.82 Å². The highest BCUT2D eigenvalue weighted by Crippen LogP contribution is 2.16. The molecule has 0 bridgehead atoms. The largest absolute Gasteiger partial charge is 0.486 e. The molecule has 8 heteroatoms. The molecule has 1 aliphatic rings. The fourth-order valence-corrected chi connectivity index (χ4v) is 3.30. The standard InChI is InChI=1S/C23H31FN4O2.HI/c1-18(30-22-9-4-3-8-21(22)24)15-26-23(25-2)27-16-19-6-5-7-20(14-19)17-28-10-12-29-13-11-28;/h3-9,14,18H,10-13,15-17H2,1-2H3,(H2,25,26,27);1H. The Balaban J connectivity index is 0.00000341. The monoisotopic (exact) mass is 542 g/mol. The molecule has 1 saturated heterocycles. The number of aliphatic imine (C=N–C) groups is 1. The highest BCUT2D eigenvalue weighted by atomic mass is 127. The number of para-hydroxylation sites is 1. The van der Waals surface area contributed by atoms with Crippen molar-refractivity contribution in [2.75, 3.05) is 39.9 Å². The van der Waals surface area contributed by atoms with Crippen LogP contribution in [0.3, 0.4) is 0 Å². The van der Waals surface area contributed by atoms with Crippen LogP contribution in [0.15, 0.2) is 53.5 Å². The average Bonchev–Trinajstić information content (AvgIpc) is 2.76. The van der Waals surface area contributed by atoms with E-state index in [2.05, 4.69) is 44.8 Å². The summed E-state index contributed by atoms with van der Waals surface area (Å²) < 4.78 is 24.8. The number of nitrogens with one attached hydrogen (secondary N) is 2. The number of guanidine groups is 1. The van der Waals surface area contributed by atoms with Crippen molar-refractivity contribution in [3.05, 3.63) is 65.5 Å². The molecule has 1 atom stereocenters. The van der Waals surface area contributed by atoms with Crippen molar-refractivity contribution in [1.82, 2.24) is 15.5 Å². The molecule has 3 rings (SSSR count). The van der Waals surface area contributed by atoms with Crippen LogP contribution in [0.25, 0.3) is 0 Å². The molecule has 6 nitrogen and oxygen atoms in total. The van der Waals surface area contributed by atoms with Crippen molar-refractivity contribution >= 4 is 29.9 Å². The predicted molar refractivity (Wildman–Crippen MR) is 133 cm³/mol. The van der Waals surface area contributed by atoms with E-state index in [0.29, 0.717) is 19.0 Å². The number of halogens is 2. The Hall–Kier alpha value is -1.91. The van der Waals surface area contributed by atoms with E-state index in [9.17, 15) is 4.39 Å². The van der Waals surface area contributed by atoms with Crippen LogP contribution in [0.4, 0.5) is 4.39 Å². The van der Waals surface area contributed by atoms with Gasteiger partial charge in [0.15, 0.2) is 17.5 Å². The van der Waals surface area contributed by atoms with Crippen molar-refractivity contribution in [2.45, 2.75) is 26.1 Å². The SMILES string of the molecule is CN=C(NCc1cccc(CN2CCOCC2)c1)NCC(C)Oc1ccccc1F.I. The second kappa shape index (κ2) is 13.5. The fraction of sp³-hybridized carbons (Fsp3) is 0.435. The van der Waals surface area contributed by atoms with Crippen LogP contribution in [-0.2, 0) is 17.8 Å². The lowest BCUT2D eigenvalue weighted by atomic mass is 10.1. The van der Waals surface area contributed by atoms with Crippen molar-refractivity contribution in [2.24, 2.45) is 4.99 Å². The molecular formula is C23H32FIN4O2. The molecule has 0 amide bonds. The van der Waals surface area contributed by atoms with Gasteiger partial charge in [-0.15, -0.1) is 24.0 Å². The van der Waals surface area contributed by atoms with Crippen molar-refractivity contribution in [1.29, 1.82) is 0 Å². The zero-order valence-corrected chi connectivity index (χ0v) is 20.5. The van der Waals surface area contributed by atoms with Gasteiger partial charge < -0.3 is 20.1 Å². The maximum Gasteiger partial charge on any atom is 0.191 e. The topological polar surface area (TPSA) is 58.1 Å². The average molecular weight is 542 g/mol. The van der Waals surface area contributed by atoms with Crippen molar-refractivity contribution < 1.29 is 13.9 Å². The van der Waals surface area contributed by atoms with Gasteiger partial charge in [-0.2, -0.15) is 0 Å². The molecule has 0 saturated carbocycles. The summed E-state index contributed by atoms with van der Waals surface area (Å²) in [6.07, 6.45) is -0.211. The van der Waals surface area contributed by atoms with E-state index in [1.165, 1.54) is 17.2 Å². The molecule has 0 aromatic heterocycles. The van der Waals surface area contributed by atoms with Gasteiger partial charge in [0.05, 0.1) is 19.8 Å². The van der Waals surface area contributed by atoms with Crippen LogP contribution in [0.5, 0.6) is 5.75 Å². The Morgan fingerprint density at radius 2 is 1.87 bits per heavy atom. The number of hydrogen-bond donors (Lipinski definition) is 2. The molecule has 0 radical (unpaired) electrons. The molecule has 1 unspecified atom stereocenters.